The van der Waals surface area contributed by atoms with Crippen LogP contribution < -0.4 is 4.31 Å². The van der Waals surface area contributed by atoms with Crippen molar-refractivity contribution in [2.75, 3.05) is 18.0 Å². The number of nitrogens with zero attached hydrogens (tertiary/aromatic N) is 2. The first-order chi connectivity index (χ1) is 18.8. The molecule has 0 aliphatic carbocycles. The van der Waals surface area contributed by atoms with Crippen LogP contribution in [0.25, 0.3) is 11.1 Å². The van der Waals surface area contributed by atoms with E-state index in [-0.39, 0.29) is 6.04 Å². The first-order valence-corrected chi connectivity index (χ1v) is 15.0. The van der Waals surface area contributed by atoms with Crippen LogP contribution in [0.2, 0.25) is 0 Å². The van der Waals surface area contributed by atoms with Gasteiger partial charge in [0, 0.05) is 18.7 Å². The lowest BCUT2D eigenvalue weighted by Crippen LogP contribution is -2.34. The van der Waals surface area contributed by atoms with Gasteiger partial charge in [-0.1, -0.05) is 60.2 Å². The maximum Gasteiger partial charge on any atom is 0.339 e. The predicted molar refractivity (Wildman–Crippen MR) is 157 cm³/mol. The topological polar surface area (TPSA) is 76.1 Å². The normalized spacial score (nSPS) is 18.9. The molecule has 8 heteroatoms. The Morgan fingerprint density at radius 3 is 2.25 bits per heavy atom. The van der Waals surface area contributed by atoms with Gasteiger partial charge in [0.05, 0.1) is 24.4 Å². The number of hydrogen-bond acceptors (Lipinski definition) is 5. The molecule has 0 radical (unpaired) electrons. The van der Waals surface area contributed by atoms with Gasteiger partial charge in [0.25, 0.3) is 0 Å². The number of fused-ring (bicyclic) bond motifs is 3. The molecule has 0 saturated carbocycles. The average molecular weight is 563 g/mol. The highest BCUT2D eigenvalue weighted by atomic mass is 32.2. The molecule has 0 bridgehead atoms. The zero-order chi connectivity index (χ0) is 29.0. The molecule has 212 valence electrons. The first kappa shape index (κ1) is 28.3. The maximum absolute atomic E-state index is 14.0. The van der Waals surface area contributed by atoms with E-state index in [1.807, 2.05) is 96.1 Å². The maximum atomic E-state index is 14.0. The standard InChI is InChI=1S/C32H38N2O5S/c1-20-13-15-24(16-14-20)27-21(2)26-17-25-19-33(18-23-11-9-8-10-12-23)40(36,37)34(25)29(26)22(3)28(27)30(31(35)38-7)39-32(4,5)6/h8-16,25,30H,17-19H2,1-7H3/t25-,30-/m0/s1. The number of hydrogen-bond donors (Lipinski definition) is 0. The van der Waals surface area contributed by atoms with Crippen molar-refractivity contribution in [3.63, 3.8) is 0 Å². The number of esters is 1. The number of benzene rings is 3. The quantitative estimate of drug-likeness (QED) is 0.355. The van der Waals surface area contributed by atoms with Crippen LogP contribution in [-0.4, -0.2) is 44.0 Å². The van der Waals surface area contributed by atoms with E-state index in [0.717, 1.165) is 38.9 Å². The van der Waals surface area contributed by atoms with Gasteiger partial charge in [-0.25, -0.2) is 4.79 Å². The van der Waals surface area contributed by atoms with Gasteiger partial charge in [0.15, 0.2) is 6.10 Å². The molecule has 2 aliphatic heterocycles. The van der Waals surface area contributed by atoms with Crippen LogP contribution in [0.1, 0.15) is 60.3 Å². The summed E-state index contributed by atoms with van der Waals surface area (Å²) in [4.78, 5) is 13.3. The van der Waals surface area contributed by atoms with Crippen LogP contribution in [0.4, 0.5) is 5.69 Å². The zero-order valence-electron chi connectivity index (χ0n) is 24.3. The van der Waals surface area contributed by atoms with E-state index in [0.29, 0.717) is 30.8 Å². The minimum absolute atomic E-state index is 0.220. The molecule has 1 saturated heterocycles. The van der Waals surface area contributed by atoms with E-state index >= 15 is 0 Å². The molecule has 1 fully saturated rings. The van der Waals surface area contributed by atoms with Gasteiger partial charge in [-0.2, -0.15) is 12.7 Å². The first-order valence-electron chi connectivity index (χ1n) is 13.7. The summed E-state index contributed by atoms with van der Waals surface area (Å²) in [5.41, 5.74) is 7.28. The number of ether oxygens (including phenoxy) is 2. The van der Waals surface area contributed by atoms with Crippen molar-refractivity contribution in [3.05, 3.63) is 88.0 Å². The summed E-state index contributed by atoms with van der Waals surface area (Å²) in [5, 5.41) is 0. The predicted octanol–water partition coefficient (Wildman–Crippen LogP) is 5.80. The molecule has 0 spiro atoms. The molecule has 5 rings (SSSR count). The summed E-state index contributed by atoms with van der Waals surface area (Å²) in [6.45, 7) is 12.4. The van der Waals surface area contributed by atoms with E-state index in [9.17, 15) is 13.2 Å². The third-order valence-corrected chi connectivity index (χ3v) is 9.72. The van der Waals surface area contributed by atoms with E-state index in [2.05, 4.69) is 0 Å². The van der Waals surface area contributed by atoms with Gasteiger partial charge >= 0.3 is 16.2 Å². The molecule has 2 atom stereocenters. The summed E-state index contributed by atoms with van der Waals surface area (Å²) in [5.74, 6) is -0.518. The van der Waals surface area contributed by atoms with E-state index in [1.165, 1.54) is 7.11 Å². The van der Waals surface area contributed by atoms with E-state index in [1.54, 1.807) is 8.61 Å². The molecule has 0 aromatic heterocycles. The summed E-state index contributed by atoms with van der Waals surface area (Å²) >= 11 is 0. The van der Waals surface area contributed by atoms with Crippen LogP contribution in [0.5, 0.6) is 0 Å². The molecular weight excluding hydrogens is 524 g/mol. The molecule has 3 aromatic rings. The molecule has 40 heavy (non-hydrogen) atoms. The van der Waals surface area contributed by atoms with Crippen molar-refractivity contribution >= 4 is 21.9 Å². The number of methoxy groups -OCH3 is 1. The van der Waals surface area contributed by atoms with Gasteiger partial charge in [-0.3, -0.25) is 4.31 Å². The van der Waals surface area contributed by atoms with Crippen LogP contribution in [0, 0.1) is 20.8 Å². The molecule has 7 nitrogen and oxygen atoms in total. The van der Waals surface area contributed by atoms with Crippen molar-refractivity contribution < 1.29 is 22.7 Å². The summed E-state index contributed by atoms with van der Waals surface area (Å²) in [7, 11) is -2.44. The van der Waals surface area contributed by atoms with Gasteiger partial charge < -0.3 is 9.47 Å². The highest BCUT2D eigenvalue weighted by Crippen LogP contribution is 2.50. The zero-order valence-corrected chi connectivity index (χ0v) is 25.1. The Balaban J connectivity index is 1.72. The Hall–Kier alpha value is -3.20. The number of carbonyl (C=O) groups excluding carboxylic acids is 1. The van der Waals surface area contributed by atoms with Crippen LogP contribution in [0.3, 0.4) is 0 Å². The van der Waals surface area contributed by atoms with Gasteiger partial charge in [-0.15, -0.1) is 0 Å². The number of rotatable bonds is 6. The Morgan fingerprint density at radius 2 is 1.65 bits per heavy atom. The van der Waals surface area contributed by atoms with Crippen molar-refractivity contribution in [2.45, 2.75) is 72.3 Å². The highest BCUT2D eigenvalue weighted by molar-refractivity contribution is 7.90. The minimum Gasteiger partial charge on any atom is -0.467 e. The highest BCUT2D eigenvalue weighted by Gasteiger charge is 2.50. The largest absolute Gasteiger partial charge is 0.467 e. The third kappa shape index (κ3) is 4.93. The van der Waals surface area contributed by atoms with Crippen molar-refractivity contribution in [3.8, 4) is 11.1 Å². The Kier molecular flexibility index (Phi) is 7.31. The lowest BCUT2D eigenvalue weighted by atomic mass is 9.84. The Bertz CT molecular complexity index is 1540. The lowest BCUT2D eigenvalue weighted by Gasteiger charge is -2.31. The summed E-state index contributed by atoms with van der Waals surface area (Å²) in [6.07, 6.45) is -0.426. The second-order valence-corrected chi connectivity index (χ2v) is 13.6. The second-order valence-electron chi connectivity index (χ2n) is 11.8. The molecular formula is C32H38N2O5S. The molecule has 0 amide bonds. The van der Waals surface area contributed by atoms with Crippen LogP contribution in [0.15, 0.2) is 54.6 Å². The van der Waals surface area contributed by atoms with Crippen LogP contribution >= 0.6 is 0 Å². The Morgan fingerprint density at radius 1 is 1.00 bits per heavy atom. The molecule has 2 aliphatic rings. The SMILES string of the molecule is COC(=O)[C@@H](OC(C)(C)C)c1c(C)c2c(c(C)c1-c1ccc(C)cc1)C[C@H]1CN(Cc3ccccc3)S(=O)(=O)N21. The minimum atomic E-state index is -3.79. The third-order valence-electron chi connectivity index (χ3n) is 7.81. The van der Waals surface area contributed by atoms with E-state index < -0.39 is 27.9 Å². The Labute approximate surface area is 237 Å². The molecule has 0 unspecified atom stereocenters. The van der Waals surface area contributed by atoms with Gasteiger partial charge in [0.1, 0.15) is 0 Å². The van der Waals surface area contributed by atoms with Gasteiger partial charge in [-0.05, 0) is 81.3 Å². The number of anilines is 1. The molecule has 0 N–H and O–H groups in total. The summed E-state index contributed by atoms with van der Waals surface area (Å²) < 4.78 is 42.8. The van der Waals surface area contributed by atoms with Crippen LogP contribution in [-0.2, 0) is 37.4 Å². The smallest absolute Gasteiger partial charge is 0.339 e. The summed E-state index contributed by atoms with van der Waals surface area (Å²) in [6, 6.07) is 17.6. The fourth-order valence-corrected chi connectivity index (χ4v) is 7.97. The van der Waals surface area contributed by atoms with Crippen molar-refractivity contribution in [1.82, 2.24) is 4.31 Å². The van der Waals surface area contributed by atoms with E-state index in [4.69, 9.17) is 9.47 Å². The number of carbonyl (C=O) groups is 1. The molecule has 2 heterocycles. The fraction of sp³-hybridized carbons (Fsp3) is 0.406. The fourth-order valence-electron chi connectivity index (χ4n) is 6.06. The second kappa shape index (κ2) is 10.3. The van der Waals surface area contributed by atoms with Crippen molar-refractivity contribution in [1.29, 1.82) is 0 Å². The average Bonchev–Trinajstić information content (AvgIpc) is 3.40. The lowest BCUT2D eigenvalue weighted by molar-refractivity contribution is -0.164. The van der Waals surface area contributed by atoms with Crippen molar-refractivity contribution in [2.24, 2.45) is 0 Å². The van der Waals surface area contributed by atoms with Gasteiger partial charge in [0.2, 0.25) is 0 Å². The monoisotopic (exact) mass is 562 g/mol. The number of aryl methyl sites for hydroxylation is 1. The molecule has 3 aromatic carbocycles.